The van der Waals surface area contributed by atoms with Gasteiger partial charge < -0.3 is 14.8 Å². The number of benzene rings is 2. The van der Waals surface area contributed by atoms with Crippen LogP contribution in [0.1, 0.15) is 42.6 Å². The van der Waals surface area contributed by atoms with E-state index in [1.807, 2.05) is 29.6 Å². The molecule has 168 valence electrons. The third-order valence-corrected chi connectivity index (χ3v) is 5.45. The second-order valence-corrected chi connectivity index (χ2v) is 8.02. The molecule has 3 aromatic rings. The molecule has 8 heteroatoms. The minimum absolute atomic E-state index is 0.0646. The third-order valence-electron chi connectivity index (χ3n) is 4.70. The first-order valence-corrected chi connectivity index (χ1v) is 11.3. The first kappa shape index (κ1) is 23.3. The number of hydrogen-bond acceptors (Lipinski definition) is 6. The number of aromatic nitrogens is 1. The Hall–Kier alpha value is -3.39. The quantitative estimate of drug-likeness (QED) is 0.427. The maximum atomic E-state index is 12.7. The molecule has 0 bridgehead atoms. The summed E-state index contributed by atoms with van der Waals surface area (Å²) in [6.07, 6.45) is 2.00. The summed E-state index contributed by atoms with van der Waals surface area (Å²) in [6, 6.07) is 12.9. The zero-order chi connectivity index (χ0) is 22.9. The summed E-state index contributed by atoms with van der Waals surface area (Å²) in [7, 11) is 1.55. The average molecular weight is 454 g/mol. The second-order valence-electron chi connectivity index (χ2n) is 7.17. The minimum Gasteiger partial charge on any atom is -0.493 e. The van der Waals surface area contributed by atoms with E-state index >= 15 is 0 Å². The van der Waals surface area contributed by atoms with Crippen molar-refractivity contribution in [3.63, 3.8) is 0 Å². The summed E-state index contributed by atoms with van der Waals surface area (Å²) in [5, 5.41) is 8.01. The Morgan fingerprint density at radius 3 is 2.56 bits per heavy atom. The fourth-order valence-electron chi connectivity index (χ4n) is 2.91. The number of amides is 2. The van der Waals surface area contributed by atoms with Crippen LogP contribution < -0.4 is 20.1 Å². The Balaban J connectivity index is 1.64. The predicted octanol–water partition coefficient (Wildman–Crippen LogP) is 4.89. The summed E-state index contributed by atoms with van der Waals surface area (Å²) in [4.78, 5) is 28.3. The summed E-state index contributed by atoms with van der Waals surface area (Å²) in [6.45, 7) is 4.68. The summed E-state index contributed by atoms with van der Waals surface area (Å²) in [5.41, 5.74) is 3.17. The van der Waals surface area contributed by atoms with Crippen molar-refractivity contribution in [3.8, 4) is 22.8 Å². The molecule has 7 nitrogen and oxygen atoms in total. The summed E-state index contributed by atoms with van der Waals surface area (Å²) < 4.78 is 11.1. The molecule has 0 spiro atoms. The smallest absolute Gasteiger partial charge is 0.257 e. The number of anilines is 1. The van der Waals surface area contributed by atoms with Gasteiger partial charge in [0.25, 0.3) is 5.91 Å². The van der Waals surface area contributed by atoms with Crippen LogP contribution in [-0.2, 0) is 11.3 Å². The second kappa shape index (κ2) is 11.3. The first-order chi connectivity index (χ1) is 15.5. The number of thiazole rings is 1. The number of ether oxygens (including phenoxy) is 2. The highest BCUT2D eigenvalue weighted by Gasteiger charge is 2.14. The van der Waals surface area contributed by atoms with Gasteiger partial charge >= 0.3 is 0 Å². The number of hydrogen-bond donors (Lipinski definition) is 2. The standard InChI is InChI=1S/C24H27N3O4S/c1-4-5-12-31-21-11-10-19(13-22(21)30-3)23(29)27-24-26-20(15-32-24)18-8-6-17(7-9-18)14-25-16(2)28/h6-11,13,15H,4-5,12,14H2,1-3H3,(H,25,28)(H,26,27,29). The fourth-order valence-corrected chi connectivity index (χ4v) is 3.62. The van der Waals surface area contributed by atoms with Crippen LogP contribution in [0.5, 0.6) is 11.5 Å². The SMILES string of the molecule is CCCCOc1ccc(C(=O)Nc2nc(-c3ccc(CNC(C)=O)cc3)cs2)cc1OC. The van der Waals surface area contributed by atoms with Crippen LogP contribution in [0.2, 0.25) is 0 Å². The van der Waals surface area contributed by atoms with E-state index < -0.39 is 0 Å². The van der Waals surface area contributed by atoms with Gasteiger partial charge in [0.1, 0.15) is 0 Å². The normalized spacial score (nSPS) is 10.5. The van der Waals surface area contributed by atoms with Crippen LogP contribution >= 0.6 is 11.3 Å². The minimum atomic E-state index is -0.269. The zero-order valence-corrected chi connectivity index (χ0v) is 19.3. The molecule has 2 aromatic carbocycles. The van der Waals surface area contributed by atoms with Crippen molar-refractivity contribution in [2.45, 2.75) is 33.2 Å². The Kier molecular flexibility index (Phi) is 8.21. The monoisotopic (exact) mass is 453 g/mol. The lowest BCUT2D eigenvalue weighted by molar-refractivity contribution is -0.119. The van der Waals surface area contributed by atoms with Gasteiger partial charge in [-0.3, -0.25) is 14.9 Å². The molecule has 0 aliphatic rings. The van der Waals surface area contributed by atoms with Crippen LogP contribution in [0.25, 0.3) is 11.3 Å². The molecule has 2 N–H and O–H groups in total. The van der Waals surface area contributed by atoms with Crippen molar-refractivity contribution in [1.82, 2.24) is 10.3 Å². The van der Waals surface area contributed by atoms with E-state index in [1.54, 1.807) is 25.3 Å². The lowest BCUT2D eigenvalue weighted by atomic mass is 10.1. The van der Waals surface area contributed by atoms with Gasteiger partial charge in [0, 0.05) is 30.0 Å². The van der Waals surface area contributed by atoms with Gasteiger partial charge in [-0.1, -0.05) is 37.6 Å². The van der Waals surface area contributed by atoms with Crippen molar-refractivity contribution >= 4 is 28.3 Å². The molecule has 2 amide bonds. The van der Waals surface area contributed by atoms with E-state index in [0.29, 0.717) is 35.3 Å². The largest absolute Gasteiger partial charge is 0.493 e. The molecular weight excluding hydrogens is 426 g/mol. The highest BCUT2D eigenvalue weighted by Crippen LogP contribution is 2.29. The number of unbranched alkanes of at least 4 members (excludes halogenated alkanes) is 1. The van der Waals surface area contributed by atoms with E-state index in [1.165, 1.54) is 18.3 Å². The number of methoxy groups -OCH3 is 1. The van der Waals surface area contributed by atoms with Gasteiger partial charge in [-0.2, -0.15) is 0 Å². The Labute approximate surface area is 191 Å². The molecule has 0 saturated heterocycles. The van der Waals surface area contributed by atoms with Crippen LogP contribution in [0.15, 0.2) is 47.8 Å². The first-order valence-electron chi connectivity index (χ1n) is 10.4. The van der Waals surface area contributed by atoms with Gasteiger partial charge in [0.15, 0.2) is 16.6 Å². The van der Waals surface area contributed by atoms with Gasteiger partial charge in [-0.15, -0.1) is 11.3 Å². The van der Waals surface area contributed by atoms with E-state index in [0.717, 1.165) is 29.7 Å². The maximum absolute atomic E-state index is 12.7. The average Bonchev–Trinajstić information content (AvgIpc) is 3.26. The molecule has 0 unspecified atom stereocenters. The predicted molar refractivity (Wildman–Crippen MR) is 126 cm³/mol. The molecule has 0 fully saturated rings. The van der Waals surface area contributed by atoms with Crippen LogP contribution in [0, 0.1) is 0 Å². The number of rotatable bonds is 10. The zero-order valence-electron chi connectivity index (χ0n) is 18.4. The number of nitrogens with zero attached hydrogens (tertiary/aromatic N) is 1. The molecule has 1 heterocycles. The maximum Gasteiger partial charge on any atom is 0.257 e. The fraction of sp³-hybridized carbons (Fsp3) is 0.292. The molecular formula is C24H27N3O4S. The molecule has 0 atom stereocenters. The van der Waals surface area contributed by atoms with Crippen LogP contribution in [0.4, 0.5) is 5.13 Å². The molecule has 32 heavy (non-hydrogen) atoms. The van der Waals surface area contributed by atoms with E-state index in [-0.39, 0.29) is 11.8 Å². The van der Waals surface area contributed by atoms with E-state index in [4.69, 9.17) is 9.47 Å². The van der Waals surface area contributed by atoms with Crippen molar-refractivity contribution in [3.05, 3.63) is 59.0 Å². The molecule has 0 saturated carbocycles. The molecule has 1 aromatic heterocycles. The molecule has 3 rings (SSSR count). The van der Waals surface area contributed by atoms with Crippen molar-refractivity contribution in [1.29, 1.82) is 0 Å². The van der Waals surface area contributed by atoms with Gasteiger partial charge in [0.05, 0.1) is 19.4 Å². The lowest BCUT2D eigenvalue weighted by Crippen LogP contribution is -2.18. The molecule has 0 aliphatic carbocycles. The summed E-state index contributed by atoms with van der Waals surface area (Å²) >= 11 is 1.36. The number of nitrogens with one attached hydrogen (secondary N) is 2. The Bertz CT molecular complexity index is 1060. The highest BCUT2D eigenvalue weighted by atomic mass is 32.1. The van der Waals surface area contributed by atoms with Gasteiger partial charge in [0.2, 0.25) is 5.91 Å². The van der Waals surface area contributed by atoms with Crippen molar-refractivity contribution in [2.75, 3.05) is 19.0 Å². The van der Waals surface area contributed by atoms with E-state index in [2.05, 4.69) is 22.5 Å². The Morgan fingerprint density at radius 2 is 1.88 bits per heavy atom. The number of carbonyl (C=O) groups is 2. The third kappa shape index (κ3) is 6.31. The lowest BCUT2D eigenvalue weighted by Gasteiger charge is -2.11. The van der Waals surface area contributed by atoms with Gasteiger partial charge in [-0.25, -0.2) is 4.98 Å². The van der Waals surface area contributed by atoms with Crippen molar-refractivity contribution < 1.29 is 19.1 Å². The molecule has 0 radical (unpaired) electrons. The topological polar surface area (TPSA) is 89.5 Å². The van der Waals surface area contributed by atoms with Crippen molar-refractivity contribution in [2.24, 2.45) is 0 Å². The van der Waals surface area contributed by atoms with E-state index in [9.17, 15) is 9.59 Å². The van der Waals surface area contributed by atoms with Crippen LogP contribution in [0.3, 0.4) is 0 Å². The molecule has 0 aliphatic heterocycles. The summed E-state index contributed by atoms with van der Waals surface area (Å²) in [5.74, 6) is 0.809. The van der Waals surface area contributed by atoms with Gasteiger partial charge in [-0.05, 0) is 30.2 Å². The highest BCUT2D eigenvalue weighted by molar-refractivity contribution is 7.14. The number of carbonyl (C=O) groups excluding carboxylic acids is 2. The Morgan fingerprint density at radius 1 is 1.09 bits per heavy atom. The van der Waals surface area contributed by atoms with Crippen LogP contribution in [-0.4, -0.2) is 30.5 Å².